The minimum Gasteiger partial charge on any atom is -0.391 e. The van der Waals surface area contributed by atoms with E-state index in [1.165, 1.54) is 0 Å². The molecular weight excluding hydrogens is 247 g/mol. The van der Waals surface area contributed by atoms with Gasteiger partial charge in [-0.15, -0.1) is 0 Å². The highest BCUT2D eigenvalue weighted by Gasteiger charge is 1.85. The predicted octanol–water partition coefficient (Wildman–Crippen LogP) is 0.918. The average Bonchev–Trinajstić information content (AvgIpc) is 1.98. The van der Waals surface area contributed by atoms with Crippen molar-refractivity contribution >= 4 is 22.6 Å². The first-order valence-corrected chi connectivity index (χ1v) is 3.91. The van der Waals surface area contributed by atoms with E-state index in [4.69, 9.17) is 9.84 Å². The van der Waals surface area contributed by atoms with E-state index in [1.807, 2.05) is 22.6 Å². The maximum absolute atomic E-state index is 8.53. The van der Waals surface area contributed by atoms with Gasteiger partial charge in [-0.2, -0.15) is 0 Å². The van der Waals surface area contributed by atoms with Crippen LogP contribution in [0.15, 0.2) is 9.66 Å². The molecule has 0 aromatic rings. The van der Waals surface area contributed by atoms with Gasteiger partial charge in [-0.1, -0.05) is 0 Å². The zero-order valence-electron chi connectivity index (χ0n) is 5.84. The molecule has 1 N–H and O–H groups in total. The highest BCUT2D eigenvalue weighted by molar-refractivity contribution is 14.1. The lowest BCUT2D eigenvalue weighted by Gasteiger charge is -1.97. The molecule has 0 aromatic heterocycles. The molecule has 4 heteroatoms. The fraction of sp³-hybridized carbons (Fsp3) is 0.667. The maximum Gasteiger partial charge on any atom is 0.146 e. The van der Waals surface area contributed by atoms with Crippen molar-refractivity contribution < 1.29 is 14.6 Å². The second kappa shape index (κ2) is 7.46. The van der Waals surface area contributed by atoms with Gasteiger partial charge in [-0.25, -0.2) is 0 Å². The third-order valence-corrected chi connectivity index (χ3v) is 1.56. The zero-order chi connectivity index (χ0) is 7.82. The van der Waals surface area contributed by atoms with Gasteiger partial charge in [0.25, 0.3) is 0 Å². The molecule has 0 fully saturated rings. The van der Waals surface area contributed by atoms with Crippen molar-refractivity contribution in [3.05, 3.63) is 9.66 Å². The molecule has 0 bridgehead atoms. The van der Waals surface area contributed by atoms with Crippen LogP contribution in [0.25, 0.3) is 0 Å². The van der Waals surface area contributed by atoms with Gasteiger partial charge in [0.1, 0.15) is 6.79 Å². The SMILES string of the molecule is COCOC/C=C(\I)CO. The number of hydrogen-bond acceptors (Lipinski definition) is 3. The number of aliphatic hydroxyl groups excluding tert-OH is 1. The average molecular weight is 258 g/mol. The van der Waals surface area contributed by atoms with Crippen LogP contribution in [0, 0.1) is 0 Å². The molecule has 0 rings (SSSR count). The molecule has 0 amide bonds. The van der Waals surface area contributed by atoms with Crippen molar-refractivity contribution in [1.29, 1.82) is 0 Å². The summed E-state index contributed by atoms with van der Waals surface area (Å²) >= 11 is 2.05. The summed E-state index contributed by atoms with van der Waals surface area (Å²) in [6, 6.07) is 0. The van der Waals surface area contributed by atoms with E-state index >= 15 is 0 Å². The molecule has 0 radical (unpaired) electrons. The second-order valence-corrected chi connectivity index (χ2v) is 2.97. The first kappa shape index (κ1) is 10.3. The number of aliphatic hydroxyl groups is 1. The number of rotatable bonds is 5. The Labute approximate surface area is 74.2 Å². The van der Waals surface area contributed by atoms with E-state index in [0.717, 1.165) is 3.58 Å². The molecular formula is C6H11IO3. The molecule has 60 valence electrons. The highest BCUT2D eigenvalue weighted by Crippen LogP contribution is 2.02. The number of ether oxygens (including phenoxy) is 2. The first-order chi connectivity index (χ1) is 4.81. The van der Waals surface area contributed by atoms with E-state index < -0.39 is 0 Å². The van der Waals surface area contributed by atoms with Crippen LogP contribution in [-0.2, 0) is 9.47 Å². The van der Waals surface area contributed by atoms with E-state index in [9.17, 15) is 0 Å². The van der Waals surface area contributed by atoms with E-state index in [1.54, 1.807) is 13.2 Å². The normalized spacial score (nSPS) is 12.1. The fourth-order valence-electron chi connectivity index (χ4n) is 0.345. The summed E-state index contributed by atoms with van der Waals surface area (Å²) in [5.41, 5.74) is 0. The molecule has 0 aliphatic carbocycles. The Morgan fingerprint density at radius 1 is 1.70 bits per heavy atom. The monoisotopic (exact) mass is 258 g/mol. The van der Waals surface area contributed by atoms with Crippen LogP contribution in [0.4, 0.5) is 0 Å². The van der Waals surface area contributed by atoms with Crippen LogP contribution in [-0.4, -0.2) is 32.2 Å². The molecule has 0 aliphatic rings. The van der Waals surface area contributed by atoms with Gasteiger partial charge in [-0.05, 0) is 28.7 Å². The van der Waals surface area contributed by atoms with Crippen LogP contribution in [0.5, 0.6) is 0 Å². The highest BCUT2D eigenvalue weighted by atomic mass is 127. The summed E-state index contributed by atoms with van der Waals surface area (Å²) in [5.74, 6) is 0. The summed E-state index contributed by atoms with van der Waals surface area (Å²) in [5, 5.41) is 8.53. The van der Waals surface area contributed by atoms with Gasteiger partial charge in [0.05, 0.1) is 13.2 Å². The Bertz CT molecular complexity index is 103. The van der Waals surface area contributed by atoms with E-state index in [2.05, 4.69) is 4.74 Å². The smallest absolute Gasteiger partial charge is 0.146 e. The Kier molecular flexibility index (Phi) is 7.72. The van der Waals surface area contributed by atoms with Crippen LogP contribution in [0.3, 0.4) is 0 Å². The van der Waals surface area contributed by atoms with Crippen molar-refractivity contribution in [2.24, 2.45) is 0 Å². The molecule has 0 heterocycles. The van der Waals surface area contributed by atoms with Gasteiger partial charge in [0.2, 0.25) is 0 Å². The molecule has 0 atom stereocenters. The second-order valence-electron chi connectivity index (χ2n) is 1.59. The van der Waals surface area contributed by atoms with Gasteiger partial charge >= 0.3 is 0 Å². The lowest BCUT2D eigenvalue weighted by atomic mass is 10.5. The standard InChI is InChI=1S/C6H11IO3/c1-9-5-10-3-2-6(7)4-8/h2,8H,3-5H2,1H3/b6-2-. The largest absolute Gasteiger partial charge is 0.391 e. The molecule has 3 nitrogen and oxygen atoms in total. The van der Waals surface area contributed by atoms with Crippen molar-refractivity contribution in [3.8, 4) is 0 Å². The molecule has 10 heavy (non-hydrogen) atoms. The first-order valence-electron chi connectivity index (χ1n) is 2.83. The fourth-order valence-corrected chi connectivity index (χ4v) is 0.525. The lowest BCUT2D eigenvalue weighted by molar-refractivity contribution is -0.0187. The quantitative estimate of drug-likeness (QED) is 0.452. The van der Waals surface area contributed by atoms with Gasteiger partial charge < -0.3 is 14.6 Å². The molecule has 0 spiro atoms. The Morgan fingerprint density at radius 3 is 2.90 bits per heavy atom. The van der Waals surface area contributed by atoms with Crippen LogP contribution in [0.2, 0.25) is 0 Å². The van der Waals surface area contributed by atoms with E-state index in [-0.39, 0.29) is 6.61 Å². The third-order valence-electron chi connectivity index (χ3n) is 0.775. The number of hydrogen-bond donors (Lipinski definition) is 1. The van der Waals surface area contributed by atoms with Crippen LogP contribution in [0.1, 0.15) is 0 Å². The molecule has 0 aliphatic heterocycles. The van der Waals surface area contributed by atoms with Gasteiger partial charge in [-0.3, -0.25) is 0 Å². The molecule has 0 aromatic carbocycles. The topological polar surface area (TPSA) is 38.7 Å². The summed E-state index contributed by atoms with van der Waals surface area (Å²) in [6.45, 7) is 0.870. The summed E-state index contributed by atoms with van der Waals surface area (Å²) in [7, 11) is 1.57. The Hall–Kier alpha value is 0.350. The summed E-state index contributed by atoms with van der Waals surface area (Å²) < 4.78 is 10.5. The van der Waals surface area contributed by atoms with E-state index in [0.29, 0.717) is 13.4 Å². The van der Waals surface area contributed by atoms with Crippen molar-refractivity contribution in [1.82, 2.24) is 0 Å². The van der Waals surface area contributed by atoms with Crippen molar-refractivity contribution in [3.63, 3.8) is 0 Å². The maximum atomic E-state index is 8.53. The lowest BCUT2D eigenvalue weighted by Crippen LogP contribution is -1.96. The van der Waals surface area contributed by atoms with Crippen molar-refractivity contribution in [2.75, 3.05) is 27.1 Å². The number of halogens is 1. The zero-order valence-corrected chi connectivity index (χ0v) is 8.00. The van der Waals surface area contributed by atoms with Crippen LogP contribution >= 0.6 is 22.6 Å². The number of methoxy groups -OCH3 is 1. The predicted molar refractivity (Wildman–Crippen MR) is 47.0 cm³/mol. The van der Waals surface area contributed by atoms with Gasteiger partial charge in [0.15, 0.2) is 0 Å². The van der Waals surface area contributed by atoms with Crippen LogP contribution < -0.4 is 0 Å². The summed E-state index contributed by atoms with van der Waals surface area (Å²) in [6.07, 6.45) is 1.81. The minimum absolute atomic E-state index is 0.0803. The summed E-state index contributed by atoms with van der Waals surface area (Å²) in [4.78, 5) is 0. The van der Waals surface area contributed by atoms with Crippen molar-refractivity contribution in [2.45, 2.75) is 0 Å². The Balaban J connectivity index is 3.16. The minimum atomic E-state index is 0.0803. The third kappa shape index (κ3) is 6.47. The Morgan fingerprint density at radius 2 is 2.40 bits per heavy atom. The molecule has 0 unspecified atom stereocenters. The molecule has 0 saturated heterocycles. The molecule has 0 saturated carbocycles. The van der Waals surface area contributed by atoms with Gasteiger partial charge in [0, 0.05) is 10.7 Å².